The van der Waals surface area contributed by atoms with Gasteiger partial charge in [0.2, 0.25) is 0 Å². The highest BCUT2D eigenvalue weighted by molar-refractivity contribution is 6.30. The molecule has 0 saturated carbocycles. The van der Waals surface area contributed by atoms with Crippen molar-refractivity contribution in [3.05, 3.63) is 87.8 Å². The fourth-order valence-electron chi connectivity index (χ4n) is 5.70. The molecule has 0 bridgehead atoms. The zero-order chi connectivity index (χ0) is 28.1. The first-order valence-electron chi connectivity index (χ1n) is 13.9. The van der Waals surface area contributed by atoms with Gasteiger partial charge in [0.05, 0.1) is 12.7 Å². The average Bonchev–Trinajstić information content (AvgIpc) is 2.97. The minimum atomic E-state index is -0.435. The van der Waals surface area contributed by atoms with Crippen molar-refractivity contribution in [1.82, 2.24) is 20.1 Å². The van der Waals surface area contributed by atoms with Gasteiger partial charge in [0, 0.05) is 62.1 Å². The Kier molecular flexibility index (Phi) is 9.19. The number of likely N-dealkylation sites (tertiary alicyclic amines) is 1. The molecule has 7 nitrogen and oxygen atoms in total. The van der Waals surface area contributed by atoms with E-state index >= 15 is 0 Å². The average molecular weight is 566 g/mol. The Labute approximate surface area is 240 Å². The third kappa shape index (κ3) is 6.92. The van der Waals surface area contributed by atoms with Gasteiger partial charge in [0.15, 0.2) is 0 Å². The highest BCUT2D eigenvalue weighted by Gasteiger charge is 2.28. The van der Waals surface area contributed by atoms with Crippen LogP contribution in [0.2, 0.25) is 5.02 Å². The van der Waals surface area contributed by atoms with Gasteiger partial charge in [0.1, 0.15) is 17.4 Å². The number of halogens is 2. The molecule has 3 aromatic rings. The highest BCUT2D eigenvalue weighted by atomic mass is 35.5. The maximum atomic E-state index is 14.0. The Morgan fingerprint density at radius 3 is 2.42 bits per heavy atom. The maximum absolute atomic E-state index is 14.0. The molecule has 2 fully saturated rings. The Morgan fingerprint density at radius 1 is 1.05 bits per heavy atom. The van der Waals surface area contributed by atoms with Crippen molar-refractivity contribution >= 4 is 23.3 Å². The number of aromatic nitrogens is 1. The third-order valence-corrected chi connectivity index (χ3v) is 8.25. The van der Waals surface area contributed by atoms with Gasteiger partial charge in [0.25, 0.3) is 5.91 Å². The lowest BCUT2D eigenvalue weighted by atomic mass is 10.0. The number of benzene rings is 2. The summed E-state index contributed by atoms with van der Waals surface area (Å²) in [6.45, 7) is 9.16. The van der Waals surface area contributed by atoms with Crippen molar-refractivity contribution in [1.29, 1.82) is 0 Å². The van der Waals surface area contributed by atoms with E-state index in [0.29, 0.717) is 22.2 Å². The number of hydrogen-bond acceptors (Lipinski definition) is 6. The second-order valence-electron chi connectivity index (χ2n) is 10.7. The minimum Gasteiger partial charge on any atom is -0.497 e. The predicted molar refractivity (Wildman–Crippen MR) is 157 cm³/mol. The predicted octanol–water partition coefficient (Wildman–Crippen LogP) is 4.91. The molecule has 0 spiro atoms. The first-order chi connectivity index (χ1) is 19.4. The molecule has 1 N–H and O–H groups in total. The fraction of sp³-hybridized carbons (Fsp3) is 0.419. The molecule has 1 aromatic heterocycles. The van der Waals surface area contributed by atoms with E-state index in [1.807, 2.05) is 25.1 Å². The number of anilines is 1. The van der Waals surface area contributed by atoms with E-state index < -0.39 is 5.82 Å². The Morgan fingerprint density at radius 2 is 1.77 bits per heavy atom. The van der Waals surface area contributed by atoms with Crippen LogP contribution in [0.25, 0.3) is 0 Å². The molecule has 1 amide bonds. The second kappa shape index (κ2) is 13.0. The van der Waals surface area contributed by atoms with Gasteiger partial charge in [-0.3, -0.25) is 14.6 Å². The molecular weight excluding hydrogens is 529 g/mol. The number of pyridine rings is 1. The van der Waals surface area contributed by atoms with Crippen LogP contribution in [0, 0.1) is 12.7 Å². The molecule has 0 atom stereocenters. The molecule has 0 unspecified atom stereocenters. The second-order valence-corrected chi connectivity index (χ2v) is 11.1. The van der Waals surface area contributed by atoms with Crippen LogP contribution in [-0.4, -0.2) is 73.1 Å². The molecule has 212 valence electrons. The molecule has 2 saturated heterocycles. The number of carbonyl (C=O) groups excluding carboxylic acids is 1. The molecule has 2 aliphatic heterocycles. The summed E-state index contributed by atoms with van der Waals surface area (Å²) in [5.74, 6) is 1.11. The first kappa shape index (κ1) is 28.3. The van der Waals surface area contributed by atoms with Gasteiger partial charge in [-0.25, -0.2) is 9.37 Å². The van der Waals surface area contributed by atoms with Crippen LogP contribution in [0.5, 0.6) is 5.75 Å². The number of methoxy groups -OCH3 is 1. The number of nitrogens with zero attached hydrogens (tertiary/aromatic N) is 4. The van der Waals surface area contributed by atoms with Gasteiger partial charge in [-0.15, -0.1) is 0 Å². The van der Waals surface area contributed by atoms with E-state index in [0.717, 1.165) is 62.9 Å². The van der Waals surface area contributed by atoms with E-state index in [4.69, 9.17) is 16.3 Å². The minimum absolute atomic E-state index is 0.0883. The highest BCUT2D eigenvalue weighted by Crippen LogP contribution is 2.24. The summed E-state index contributed by atoms with van der Waals surface area (Å²) in [6.07, 6.45) is 4.00. The molecule has 3 heterocycles. The number of rotatable bonds is 8. The fourth-order valence-corrected chi connectivity index (χ4v) is 5.85. The van der Waals surface area contributed by atoms with Crippen LogP contribution in [0.1, 0.15) is 39.9 Å². The van der Waals surface area contributed by atoms with Gasteiger partial charge in [-0.2, -0.15) is 0 Å². The lowest BCUT2D eigenvalue weighted by molar-refractivity contribution is 0.0950. The zero-order valence-electron chi connectivity index (χ0n) is 23.2. The topological polar surface area (TPSA) is 60.9 Å². The molecular formula is C31H37ClFN5O2. The van der Waals surface area contributed by atoms with Gasteiger partial charge < -0.3 is 15.0 Å². The van der Waals surface area contributed by atoms with Crippen LogP contribution in [0.15, 0.2) is 54.7 Å². The number of hydrogen-bond donors (Lipinski definition) is 1. The molecule has 0 aliphatic carbocycles. The van der Waals surface area contributed by atoms with Gasteiger partial charge in [-0.1, -0.05) is 29.8 Å². The van der Waals surface area contributed by atoms with Crippen LogP contribution in [0.4, 0.5) is 10.2 Å². The van der Waals surface area contributed by atoms with Crippen molar-refractivity contribution in [2.45, 2.75) is 38.9 Å². The number of amides is 1. The molecule has 2 aromatic carbocycles. The standard InChI is InChI=1S/C31H37ClFN5O2/c1-22-17-25(31(39)35-19-24-5-6-26(32)18-29(24)33)20-34-30(22)38-15-13-37(14-16-38)27-9-11-36(12-10-27)21-23-3-7-28(40-2)8-4-23/h3-8,17-18,20,27H,9-16,19,21H2,1-2H3,(H,35,39). The first-order valence-corrected chi connectivity index (χ1v) is 14.3. The third-order valence-electron chi connectivity index (χ3n) is 8.02. The SMILES string of the molecule is COc1ccc(CN2CCC(N3CCN(c4ncc(C(=O)NCc5ccc(Cl)cc5F)cc4C)CC3)CC2)cc1. The Balaban J connectivity index is 1.08. The zero-order valence-corrected chi connectivity index (χ0v) is 24.0. The number of carbonyl (C=O) groups is 1. The molecule has 40 heavy (non-hydrogen) atoms. The van der Waals surface area contributed by atoms with Crippen LogP contribution in [-0.2, 0) is 13.1 Å². The Bertz CT molecular complexity index is 1310. The number of piperidine rings is 1. The summed E-state index contributed by atoms with van der Waals surface area (Å²) >= 11 is 5.81. The number of nitrogens with one attached hydrogen (secondary N) is 1. The van der Waals surface area contributed by atoms with Crippen molar-refractivity contribution in [3.63, 3.8) is 0 Å². The van der Waals surface area contributed by atoms with Gasteiger partial charge in [-0.05, 0) is 74.3 Å². The molecule has 2 aliphatic rings. The largest absolute Gasteiger partial charge is 0.497 e. The summed E-state index contributed by atoms with van der Waals surface area (Å²) in [4.78, 5) is 24.8. The number of ether oxygens (including phenoxy) is 1. The van der Waals surface area contributed by atoms with Crippen molar-refractivity contribution in [3.8, 4) is 5.75 Å². The lowest BCUT2D eigenvalue weighted by Crippen LogP contribution is -2.53. The Hall–Kier alpha value is -3.20. The van der Waals surface area contributed by atoms with Crippen molar-refractivity contribution < 1.29 is 13.9 Å². The summed E-state index contributed by atoms with van der Waals surface area (Å²) in [5, 5.41) is 3.10. The smallest absolute Gasteiger partial charge is 0.253 e. The molecule has 0 radical (unpaired) electrons. The van der Waals surface area contributed by atoms with E-state index in [-0.39, 0.29) is 12.5 Å². The number of piperazine rings is 1. The van der Waals surface area contributed by atoms with Crippen LogP contribution < -0.4 is 15.0 Å². The van der Waals surface area contributed by atoms with Crippen LogP contribution in [0.3, 0.4) is 0 Å². The van der Waals surface area contributed by atoms with E-state index in [1.165, 1.54) is 24.5 Å². The molecule has 9 heteroatoms. The van der Waals surface area contributed by atoms with E-state index in [9.17, 15) is 9.18 Å². The molecule has 5 rings (SSSR count). The van der Waals surface area contributed by atoms with E-state index in [2.05, 4.69) is 37.1 Å². The van der Waals surface area contributed by atoms with E-state index in [1.54, 1.807) is 25.4 Å². The van der Waals surface area contributed by atoms with Crippen molar-refractivity contribution in [2.24, 2.45) is 0 Å². The quantitative estimate of drug-likeness (QED) is 0.419. The number of aryl methyl sites for hydroxylation is 1. The summed E-state index contributed by atoms with van der Waals surface area (Å²) in [6, 6.07) is 15.3. The monoisotopic (exact) mass is 565 g/mol. The van der Waals surface area contributed by atoms with Crippen molar-refractivity contribution in [2.75, 3.05) is 51.3 Å². The maximum Gasteiger partial charge on any atom is 0.253 e. The lowest BCUT2D eigenvalue weighted by Gasteiger charge is -2.43. The van der Waals surface area contributed by atoms with Crippen LogP contribution >= 0.6 is 11.6 Å². The summed E-state index contributed by atoms with van der Waals surface area (Å²) in [7, 11) is 1.70. The summed E-state index contributed by atoms with van der Waals surface area (Å²) in [5.41, 5.74) is 3.15. The van der Waals surface area contributed by atoms with Gasteiger partial charge >= 0.3 is 0 Å². The summed E-state index contributed by atoms with van der Waals surface area (Å²) < 4.78 is 19.3. The normalized spacial score (nSPS) is 17.1.